The van der Waals surface area contributed by atoms with Crippen LogP contribution < -0.4 is 5.32 Å². The van der Waals surface area contributed by atoms with Gasteiger partial charge in [-0.05, 0) is 17.7 Å². The van der Waals surface area contributed by atoms with Gasteiger partial charge in [0.1, 0.15) is 6.61 Å². The Kier molecular flexibility index (Phi) is 5.13. The molecule has 0 saturated heterocycles. The van der Waals surface area contributed by atoms with E-state index in [0.29, 0.717) is 5.56 Å². The quantitative estimate of drug-likeness (QED) is 0.569. The van der Waals surface area contributed by atoms with Crippen molar-refractivity contribution in [1.29, 1.82) is 0 Å². The molecule has 1 aromatic heterocycles. The Hall–Kier alpha value is -3.52. The largest absolute Gasteiger partial charge is 0.445 e. The van der Waals surface area contributed by atoms with Gasteiger partial charge in [-0.3, -0.25) is 4.79 Å². The van der Waals surface area contributed by atoms with Gasteiger partial charge in [-0.25, -0.2) is 4.79 Å². The molecule has 0 atom stereocenters. The van der Waals surface area contributed by atoms with Crippen LogP contribution in [-0.2, 0) is 11.3 Å². The van der Waals surface area contributed by atoms with Gasteiger partial charge in [0.05, 0.1) is 6.54 Å². The number of amides is 1. The molecule has 0 aliphatic rings. The average Bonchev–Trinajstić information content (AvgIpc) is 3.07. The number of benzene rings is 2. The zero-order chi connectivity index (χ0) is 17.5. The molecule has 0 bridgehead atoms. The maximum absolute atomic E-state index is 11.6. The number of aromatic amines is 1. The van der Waals surface area contributed by atoms with Crippen molar-refractivity contribution in [2.75, 3.05) is 6.54 Å². The van der Waals surface area contributed by atoms with Crippen LogP contribution in [0.4, 0.5) is 4.79 Å². The van der Waals surface area contributed by atoms with E-state index in [1.54, 1.807) is 6.20 Å². The van der Waals surface area contributed by atoms with Crippen LogP contribution in [0.3, 0.4) is 0 Å². The van der Waals surface area contributed by atoms with E-state index in [1.807, 2.05) is 48.5 Å². The number of carbonyl (C=O) groups is 2. The highest BCUT2D eigenvalue weighted by atomic mass is 16.5. The summed E-state index contributed by atoms with van der Waals surface area (Å²) < 4.78 is 5.10. The highest BCUT2D eigenvalue weighted by Gasteiger charge is 2.02. The monoisotopic (exact) mass is 332 g/mol. The van der Waals surface area contributed by atoms with Crippen molar-refractivity contribution < 1.29 is 14.3 Å². The van der Waals surface area contributed by atoms with Crippen LogP contribution in [0.2, 0.25) is 0 Å². The van der Waals surface area contributed by atoms with Crippen molar-refractivity contribution in [2.24, 2.45) is 0 Å². The molecule has 5 heteroatoms. The number of nitrogens with one attached hydrogen (secondary N) is 2. The third-order valence-electron chi connectivity index (χ3n) is 3.61. The normalized spacial score (nSPS) is 9.92. The van der Waals surface area contributed by atoms with Gasteiger partial charge in [0, 0.05) is 28.2 Å². The summed E-state index contributed by atoms with van der Waals surface area (Å²) in [6, 6.07) is 15.0. The second-order valence-electron chi connectivity index (χ2n) is 5.34. The summed E-state index contributed by atoms with van der Waals surface area (Å²) in [7, 11) is 0. The fraction of sp³-hybridized carbons (Fsp3) is 0.100. The first-order valence-electron chi connectivity index (χ1n) is 7.76. The van der Waals surface area contributed by atoms with E-state index in [-0.39, 0.29) is 13.2 Å². The minimum absolute atomic E-state index is 0.190. The van der Waals surface area contributed by atoms with Crippen LogP contribution in [0.5, 0.6) is 0 Å². The lowest BCUT2D eigenvalue weighted by Crippen LogP contribution is -2.24. The Morgan fingerprint density at radius 2 is 2.04 bits per heavy atom. The molecular weight excluding hydrogens is 316 g/mol. The van der Waals surface area contributed by atoms with E-state index in [4.69, 9.17) is 4.74 Å². The van der Waals surface area contributed by atoms with Crippen molar-refractivity contribution in [3.63, 3.8) is 0 Å². The number of rotatable bonds is 4. The molecule has 0 aliphatic carbocycles. The van der Waals surface area contributed by atoms with Crippen LogP contribution in [0.15, 0.2) is 54.7 Å². The summed E-state index contributed by atoms with van der Waals surface area (Å²) in [4.78, 5) is 25.5. The number of aldehydes is 1. The molecule has 2 aromatic carbocycles. The third-order valence-corrected chi connectivity index (χ3v) is 3.61. The smallest absolute Gasteiger partial charge is 0.408 e. The first-order valence-corrected chi connectivity index (χ1v) is 7.76. The molecule has 0 aliphatic heterocycles. The maximum Gasteiger partial charge on any atom is 0.408 e. The molecule has 1 heterocycles. The number of hydrogen-bond donors (Lipinski definition) is 2. The molecule has 0 radical (unpaired) electrons. The molecule has 124 valence electrons. The summed E-state index contributed by atoms with van der Waals surface area (Å²) in [6.07, 6.45) is 1.97. The molecule has 3 rings (SSSR count). The Balaban J connectivity index is 1.50. The minimum atomic E-state index is -0.506. The lowest BCUT2D eigenvalue weighted by atomic mass is 10.1. The molecule has 25 heavy (non-hydrogen) atoms. The van der Waals surface area contributed by atoms with Gasteiger partial charge in [-0.15, -0.1) is 0 Å². The van der Waals surface area contributed by atoms with E-state index in [2.05, 4.69) is 22.1 Å². The van der Waals surface area contributed by atoms with E-state index in [9.17, 15) is 9.59 Å². The van der Waals surface area contributed by atoms with Crippen LogP contribution in [0, 0.1) is 11.8 Å². The predicted molar refractivity (Wildman–Crippen MR) is 95.2 cm³/mol. The highest BCUT2D eigenvalue weighted by Crippen LogP contribution is 2.17. The minimum Gasteiger partial charge on any atom is -0.445 e. The van der Waals surface area contributed by atoms with Crippen molar-refractivity contribution in [1.82, 2.24) is 10.3 Å². The zero-order valence-electron chi connectivity index (χ0n) is 13.4. The average molecular weight is 332 g/mol. The van der Waals surface area contributed by atoms with Gasteiger partial charge in [-0.2, -0.15) is 0 Å². The number of carbonyl (C=O) groups excluding carboxylic acids is 2. The van der Waals surface area contributed by atoms with Gasteiger partial charge < -0.3 is 15.0 Å². The second kappa shape index (κ2) is 7.84. The number of hydrogen-bond acceptors (Lipinski definition) is 3. The van der Waals surface area contributed by atoms with E-state index in [1.165, 1.54) is 0 Å². The number of H-pyrrole nitrogens is 1. The Bertz CT molecular complexity index is 949. The van der Waals surface area contributed by atoms with E-state index < -0.39 is 6.09 Å². The topological polar surface area (TPSA) is 71.2 Å². The second-order valence-corrected chi connectivity index (χ2v) is 5.34. The van der Waals surface area contributed by atoms with Gasteiger partial charge in [-0.1, -0.05) is 48.2 Å². The lowest BCUT2D eigenvalue weighted by Gasteiger charge is -2.04. The number of aromatic nitrogens is 1. The molecule has 0 fully saturated rings. The standard InChI is InChI=1S/C20H16N2O3/c23-13-17-12-22-19-11-15(8-9-18(17)19)7-4-10-21-20(24)25-14-16-5-2-1-3-6-16/h1-3,5-6,8-9,11-13,22H,10,14H2,(H,21,24). The van der Waals surface area contributed by atoms with Crippen molar-refractivity contribution in [2.45, 2.75) is 6.61 Å². The third kappa shape index (κ3) is 4.27. The first kappa shape index (κ1) is 16.3. The molecule has 0 saturated carbocycles. The summed E-state index contributed by atoms with van der Waals surface area (Å²) in [6.45, 7) is 0.415. The zero-order valence-corrected chi connectivity index (χ0v) is 13.4. The molecule has 0 unspecified atom stereocenters. The Morgan fingerprint density at radius 1 is 1.20 bits per heavy atom. The van der Waals surface area contributed by atoms with Crippen LogP contribution in [0.25, 0.3) is 10.9 Å². The Labute approximate surface area is 145 Å². The molecule has 3 aromatic rings. The van der Waals surface area contributed by atoms with Gasteiger partial charge in [0.2, 0.25) is 0 Å². The van der Waals surface area contributed by atoms with Gasteiger partial charge in [0.25, 0.3) is 0 Å². The molecule has 1 amide bonds. The van der Waals surface area contributed by atoms with Gasteiger partial charge >= 0.3 is 6.09 Å². The van der Waals surface area contributed by atoms with Crippen molar-refractivity contribution in [3.8, 4) is 11.8 Å². The summed E-state index contributed by atoms with van der Waals surface area (Å²) in [5.74, 6) is 5.84. The van der Waals surface area contributed by atoms with E-state index in [0.717, 1.165) is 28.3 Å². The van der Waals surface area contributed by atoms with Gasteiger partial charge in [0.15, 0.2) is 6.29 Å². The summed E-state index contributed by atoms with van der Waals surface area (Å²) in [5.41, 5.74) is 3.20. The van der Waals surface area contributed by atoms with E-state index >= 15 is 0 Å². The lowest BCUT2D eigenvalue weighted by molar-refractivity contribution is 0.112. The summed E-state index contributed by atoms with van der Waals surface area (Å²) in [5, 5.41) is 3.45. The summed E-state index contributed by atoms with van der Waals surface area (Å²) >= 11 is 0. The number of fused-ring (bicyclic) bond motifs is 1. The van der Waals surface area contributed by atoms with Crippen LogP contribution in [0.1, 0.15) is 21.5 Å². The maximum atomic E-state index is 11.6. The first-order chi connectivity index (χ1) is 12.3. The van der Waals surface area contributed by atoms with Crippen molar-refractivity contribution >= 4 is 23.3 Å². The fourth-order valence-electron chi connectivity index (χ4n) is 2.36. The highest BCUT2D eigenvalue weighted by molar-refractivity contribution is 5.97. The number of ether oxygens (including phenoxy) is 1. The van der Waals surface area contributed by atoms with Crippen LogP contribution >= 0.6 is 0 Å². The molecule has 0 spiro atoms. The molecule has 5 nitrogen and oxygen atoms in total. The molecular formula is C20H16N2O3. The molecule has 2 N–H and O–H groups in total. The predicted octanol–water partition coefficient (Wildman–Crippen LogP) is 3.26. The fourth-order valence-corrected chi connectivity index (χ4v) is 2.36. The Morgan fingerprint density at radius 3 is 2.84 bits per heavy atom. The van der Waals surface area contributed by atoms with Crippen LogP contribution in [-0.4, -0.2) is 23.9 Å². The number of alkyl carbamates (subject to hydrolysis) is 1. The van der Waals surface area contributed by atoms with Crippen molar-refractivity contribution in [3.05, 3.63) is 71.4 Å². The SMILES string of the molecule is O=Cc1c[nH]c2cc(C#CCNC(=O)OCc3ccccc3)ccc12.